The van der Waals surface area contributed by atoms with Gasteiger partial charge in [-0.3, -0.25) is 4.79 Å². The molecule has 1 saturated carbocycles. The van der Waals surface area contributed by atoms with Crippen LogP contribution in [0.5, 0.6) is 0 Å². The third-order valence-corrected chi connectivity index (χ3v) is 6.03. The Kier molecular flexibility index (Phi) is 6.08. The van der Waals surface area contributed by atoms with E-state index in [0.717, 1.165) is 42.4 Å². The zero-order valence-electron chi connectivity index (χ0n) is 14.3. The number of aromatic nitrogens is 3. The summed E-state index contributed by atoms with van der Waals surface area (Å²) in [5.41, 5.74) is 0.807. The van der Waals surface area contributed by atoms with Crippen LogP contribution in [0, 0.1) is 5.92 Å². The van der Waals surface area contributed by atoms with E-state index in [-0.39, 0.29) is 5.25 Å². The molecule has 25 heavy (non-hydrogen) atoms. The zero-order chi connectivity index (χ0) is 18.0. The van der Waals surface area contributed by atoms with Gasteiger partial charge in [-0.15, -0.1) is 10.2 Å². The fraction of sp³-hybridized carbons (Fsp3) is 0.500. The molecule has 1 aromatic heterocycles. The van der Waals surface area contributed by atoms with E-state index in [1.54, 1.807) is 12.1 Å². The number of carbonyl (C=O) groups excluding carboxylic acids is 1. The van der Waals surface area contributed by atoms with Gasteiger partial charge in [0.15, 0.2) is 11.0 Å². The number of benzene rings is 1. The maximum atomic E-state index is 12.2. The van der Waals surface area contributed by atoms with Crippen LogP contribution in [0.3, 0.4) is 0 Å². The van der Waals surface area contributed by atoms with Gasteiger partial charge in [0.2, 0.25) is 0 Å². The van der Waals surface area contributed by atoms with E-state index in [2.05, 4.69) is 28.6 Å². The highest BCUT2D eigenvalue weighted by atomic mass is 35.5. The van der Waals surface area contributed by atoms with Crippen molar-refractivity contribution in [3.63, 3.8) is 0 Å². The Balaban J connectivity index is 1.96. The van der Waals surface area contributed by atoms with Crippen LogP contribution in [-0.2, 0) is 11.3 Å². The zero-order valence-corrected chi connectivity index (χ0v) is 16.7. The highest BCUT2D eigenvalue weighted by Gasteiger charge is 2.27. The molecule has 0 N–H and O–H groups in total. The quantitative estimate of drug-likeness (QED) is 0.666. The lowest BCUT2D eigenvalue weighted by Crippen LogP contribution is -2.22. The predicted molar refractivity (Wildman–Crippen MR) is 103 cm³/mol. The first-order valence-electron chi connectivity index (χ1n) is 8.53. The maximum absolute atomic E-state index is 12.2. The van der Waals surface area contributed by atoms with Crippen LogP contribution in [0.25, 0.3) is 11.4 Å². The molecular weight excluding hydrogens is 377 g/mol. The van der Waals surface area contributed by atoms with Crippen molar-refractivity contribution in [2.24, 2.45) is 5.92 Å². The van der Waals surface area contributed by atoms with E-state index < -0.39 is 0 Å². The molecule has 0 unspecified atom stereocenters. The van der Waals surface area contributed by atoms with Crippen molar-refractivity contribution in [1.82, 2.24) is 14.8 Å². The van der Waals surface area contributed by atoms with Crippen LogP contribution in [0.15, 0.2) is 23.4 Å². The number of hydrogen-bond donors (Lipinski definition) is 0. The molecule has 134 valence electrons. The molecular formula is C18H21Cl2N3OS. The van der Waals surface area contributed by atoms with Crippen LogP contribution >= 0.6 is 35.0 Å². The minimum Gasteiger partial charge on any atom is -0.302 e. The first kappa shape index (κ1) is 18.7. The normalized spacial score (nSPS) is 18.1. The maximum Gasteiger partial charge on any atom is 0.192 e. The first-order valence-corrected chi connectivity index (χ1v) is 10.2. The van der Waals surface area contributed by atoms with Crippen molar-refractivity contribution >= 4 is 40.7 Å². The molecule has 4 nitrogen and oxygen atoms in total. The van der Waals surface area contributed by atoms with Gasteiger partial charge in [-0.25, -0.2) is 0 Å². The fourth-order valence-corrected chi connectivity index (χ4v) is 4.64. The number of ketones is 1. The van der Waals surface area contributed by atoms with Crippen LogP contribution in [0.1, 0.15) is 39.5 Å². The average molecular weight is 398 g/mol. The monoisotopic (exact) mass is 397 g/mol. The van der Waals surface area contributed by atoms with Gasteiger partial charge < -0.3 is 4.57 Å². The molecule has 1 aromatic carbocycles. The lowest BCUT2D eigenvalue weighted by Gasteiger charge is -2.20. The minimum absolute atomic E-state index is 0.0163. The summed E-state index contributed by atoms with van der Waals surface area (Å²) in [4.78, 5) is 12.2. The van der Waals surface area contributed by atoms with Crippen LogP contribution in [0.4, 0.5) is 0 Å². The molecule has 1 heterocycles. The molecule has 0 saturated heterocycles. The summed E-state index contributed by atoms with van der Waals surface area (Å²) >= 11 is 13.9. The first-order chi connectivity index (χ1) is 12.0. The number of carbonyl (C=O) groups is 1. The van der Waals surface area contributed by atoms with Gasteiger partial charge in [-0.1, -0.05) is 55.2 Å². The third-order valence-electron chi connectivity index (χ3n) is 4.18. The fourth-order valence-electron chi connectivity index (χ4n) is 2.98. The molecule has 1 aliphatic carbocycles. The number of Topliss-reactive ketones (excluding diaryl/α,β-unsaturated/α-hetero) is 1. The van der Waals surface area contributed by atoms with E-state index in [1.165, 1.54) is 11.8 Å². The van der Waals surface area contributed by atoms with Gasteiger partial charge in [-0.05, 0) is 37.0 Å². The van der Waals surface area contributed by atoms with Crippen LogP contribution in [0.2, 0.25) is 10.0 Å². The molecule has 1 atom stereocenters. The van der Waals surface area contributed by atoms with Crippen molar-refractivity contribution < 1.29 is 4.79 Å². The molecule has 7 heteroatoms. The lowest BCUT2D eigenvalue weighted by atomic mass is 9.99. The van der Waals surface area contributed by atoms with Crippen LogP contribution < -0.4 is 0 Å². The van der Waals surface area contributed by atoms with Gasteiger partial charge in [0.05, 0.1) is 10.3 Å². The SMILES string of the molecule is CC(C)Cn1c(S[C@H]2CCCCC2=O)nnc1-c1ccc(Cl)cc1Cl. The molecule has 0 amide bonds. The van der Waals surface area contributed by atoms with Gasteiger partial charge in [-0.2, -0.15) is 0 Å². The van der Waals surface area contributed by atoms with E-state index in [4.69, 9.17) is 23.2 Å². The molecule has 1 fully saturated rings. The molecule has 0 spiro atoms. The van der Waals surface area contributed by atoms with Crippen molar-refractivity contribution in [3.8, 4) is 11.4 Å². The Labute approximate surface area is 162 Å². The standard InChI is InChI=1S/C18H21Cl2N3OS/c1-11(2)10-23-17(13-8-7-12(19)9-14(13)20)21-22-18(23)25-16-6-4-3-5-15(16)24/h7-9,11,16H,3-6,10H2,1-2H3/t16-/m0/s1. The Morgan fingerprint density at radius 1 is 1.28 bits per heavy atom. The van der Waals surface area contributed by atoms with Crippen molar-refractivity contribution in [2.45, 2.75) is 56.5 Å². The van der Waals surface area contributed by atoms with E-state index >= 15 is 0 Å². The number of thioether (sulfide) groups is 1. The summed E-state index contributed by atoms with van der Waals surface area (Å²) in [5.74, 6) is 1.46. The second kappa shape index (κ2) is 8.11. The average Bonchev–Trinajstić information content (AvgIpc) is 2.92. The second-order valence-corrected chi connectivity index (χ2v) is 8.77. The van der Waals surface area contributed by atoms with Crippen molar-refractivity contribution in [2.75, 3.05) is 0 Å². The molecule has 0 radical (unpaired) electrons. The van der Waals surface area contributed by atoms with Gasteiger partial charge in [0.1, 0.15) is 5.78 Å². The molecule has 1 aliphatic rings. The topological polar surface area (TPSA) is 47.8 Å². The lowest BCUT2D eigenvalue weighted by molar-refractivity contribution is -0.119. The highest BCUT2D eigenvalue weighted by Crippen LogP contribution is 2.35. The smallest absolute Gasteiger partial charge is 0.192 e. The predicted octanol–water partition coefficient (Wildman–Crippen LogP) is 5.51. The summed E-state index contributed by atoms with van der Waals surface area (Å²) in [6, 6.07) is 5.38. The van der Waals surface area contributed by atoms with E-state index in [1.807, 2.05) is 6.07 Å². The van der Waals surface area contributed by atoms with Gasteiger partial charge >= 0.3 is 0 Å². The number of rotatable bonds is 5. The number of nitrogens with zero attached hydrogens (tertiary/aromatic N) is 3. The largest absolute Gasteiger partial charge is 0.302 e. The third kappa shape index (κ3) is 4.39. The molecule has 3 rings (SSSR count). The number of hydrogen-bond acceptors (Lipinski definition) is 4. The Hall–Kier alpha value is -1.04. The Morgan fingerprint density at radius 2 is 2.08 bits per heavy atom. The van der Waals surface area contributed by atoms with Gasteiger partial charge in [0.25, 0.3) is 0 Å². The molecule has 2 aromatic rings. The Bertz CT molecular complexity index is 776. The van der Waals surface area contributed by atoms with Crippen molar-refractivity contribution in [1.29, 1.82) is 0 Å². The summed E-state index contributed by atoms with van der Waals surface area (Å²) in [5, 5.41) is 10.7. The van der Waals surface area contributed by atoms with Gasteiger partial charge in [0, 0.05) is 23.6 Å². The highest BCUT2D eigenvalue weighted by molar-refractivity contribution is 8.00. The summed E-state index contributed by atoms with van der Waals surface area (Å²) in [7, 11) is 0. The second-order valence-electron chi connectivity index (χ2n) is 6.75. The minimum atomic E-state index is -0.0163. The molecule has 0 aliphatic heterocycles. The summed E-state index contributed by atoms with van der Waals surface area (Å²) < 4.78 is 2.08. The number of halogens is 2. The van der Waals surface area contributed by atoms with E-state index in [9.17, 15) is 4.79 Å². The van der Waals surface area contributed by atoms with Crippen molar-refractivity contribution in [3.05, 3.63) is 28.2 Å². The van der Waals surface area contributed by atoms with E-state index in [0.29, 0.717) is 28.2 Å². The van der Waals surface area contributed by atoms with Crippen LogP contribution in [-0.4, -0.2) is 25.8 Å². The molecule has 0 bridgehead atoms. The summed E-state index contributed by atoms with van der Waals surface area (Å²) in [6.45, 7) is 5.06. The Morgan fingerprint density at radius 3 is 2.76 bits per heavy atom. The summed E-state index contributed by atoms with van der Waals surface area (Å²) in [6.07, 6.45) is 3.68.